The van der Waals surface area contributed by atoms with Crippen LogP contribution in [0.4, 0.5) is 0 Å². The van der Waals surface area contributed by atoms with Crippen LogP contribution in [-0.4, -0.2) is 44.1 Å². The van der Waals surface area contributed by atoms with Gasteiger partial charge in [-0.15, -0.1) is 0 Å². The number of Topliss-reactive ketones (excluding diaryl/α,β-unsaturated/α-hetero) is 1. The van der Waals surface area contributed by atoms with Gasteiger partial charge in [0.25, 0.3) is 0 Å². The number of ketones is 1. The van der Waals surface area contributed by atoms with Gasteiger partial charge in [-0.1, -0.05) is 91.0 Å². The molecule has 178 valence electrons. The van der Waals surface area contributed by atoms with Crippen molar-refractivity contribution in [2.45, 2.75) is 44.4 Å². The first-order valence-electron chi connectivity index (χ1n) is 11.4. The molecule has 0 spiro atoms. The Labute approximate surface area is 200 Å². The number of hydrogen-bond donors (Lipinski definition) is 0. The number of ether oxygens (including phenoxy) is 5. The van der Waals surface area contributed by atoms with Crippen LogP contribution in [0.5, 0.6) is 0 Å². The zero-order chi connectivity index (χ0) is 23.6. The van der Waals surface area contributed by atoms with Crippen LogP contribution < -0.4 is 0 Å². The Hall–Kier alpha value is -2.87. The van der Waals surface area contributed by atoms with Crippen LogP contribution in [0.1, 0.15) is 16.7 Å². The summed E-state index contributed by atoms with van der Waals surface area (Å²) >= 11 is 0. The lowest BCUT2D eigenvalue weighted by atomic mass is 10.00. The first-order chi connectivity index (χ1) is 16.7. The van der Waals surface area contributed by atoms with E-state index in [0.29, 0.717) is 13.2 Å². The molecule has 4 rings (SSSR count). The van der Waals surface area contributed by atoms with Crippen LogP contribution in [0, 0.1) is 0 Å². The van der Waals surface area contributed by atoms with Gasteiger partial charge in [0, 0.05) is 7.11 Å². The molecule has 4 atom stereocenters. The summed E-state index contributed by atoms with van der Waals surface area (Å²) in [5, 5.41) is 0. The maximum atomic E-state index is 13.4. The summed E-state index contributed by atoms with van der Waals surface area (Å²) in [7, 11) is 1.54. The molecule has 0 radical (unpaired) electrons. The minimum Gasteiger partial charge on any atom is -0.374 e. The molecular formula is C28H30O6. The molecular weight excluding hydrogens is 432 g/mol. The fourth-order valence-corrected chi connectivity index (χ4v) is 3.83. The molecule has 1 fully saturated rings. The van der Waals surface area contributed by atoms with E-state index in [1.54, 1.807) is 0 Å². The van der Waals surface area contributed by atoms with Gasteiger partial charge < -0.3 is 23.7 Å². The molecule has 3 aromatic rings. The highest BCUT2D eigenvalue weighted by molar-refractivity contribution is 5.89. The third-order valence-electron chi connectivity index (χ3n) is 5.63. The van der Waals surface area contributed by atoms with E-state index >= 15 is 0 Å². The van der Waals surface area contributed by atoms with Gasteiger partial charge in [0.05, 0.1) is 26.4 Å². The second-order valence-electron chi connectivity index (χ2n) is 8.11. The van der Waals surface area contributed by atoms with E-state index < -0.39 is 24.6 Å². The number of methoxy groups -OCH3 is 1. The van der Waals surface area contributed by atoms with E-state index in [2.05, 4.69) is 0 Å². The fraction of sp³-hybridized carbons (Fsp3) is 0.321. The Kier molecular flexibility index (Phi) is 8.96. The molecule has 0 saturated carbocycles. The summed E-state index contributed by atoms with van der Waals surface area (Å²) < 4.78 is 29.6. The average molecular weight is 463 g/mol. The molecule has 6 heteroatoms. The molecule has 34 heavy (non-hydrogen) atoms. The van der Waals surface area contributed by atoms with E-state index in [1.807, 2.05) is 91.0 Å². The predicted octanol–water partition coefficient (Wildman–Crippen LogP) is 4.31. The normalized spacial score (nSPS) is 22.6. The summed E-state index contributed by atoms with van der Waals surface area (Å²) in [6.45, 7) is 1.07. The van der Waals surface area contributed by atoms with Crippen LogP contribution in [0.2, 0.25) is 0 Å². The van der Waals surface area contributed by atoms with Crippen molar-refractivity contribution in [3.05, 3.63) is 108 Å². The van der Waals surface area contributed by atoms with Crippen molar-refractivity contribution in [1.82, 2.24) is 0 Å². The van der Waals surface area contributed by atoms with E-state index in [1.165, 1.54) is 7.11 Å². The van der Waals surface area contributed by atoms with Crippen molar-refractivity contribution in [1.29, 1.82) is 0 Å². The van der Waals surface area contributed by atoms with Gasteiger partial charge in [0.15, 0.2) is 18.2 Å². The van der Waals surface area contributed by atoms with Gasteiger partial charge in [-0.05, 0) is 16.7 Å². The average Bonchev–Trinajstić information content (AvgIpc) is 2.89. The third kappa shape index (κ3) is 6.59. The van der Waals surface area contributed by atoms with Crippen LogP contribution in [0.15, 0.2) is 91.0 Å². The van der Waals surface area contributed by atoms with Gasteiger partial charge >= 0.3 is 0 Å². The lowest BCUT2D eigenvalue weighted by Gasteiger charge is -2.39. The standard InChI is InChI=1S/C28H30O6/c1-30-28-27(33-19-23-15-9-4-10-16-23)26(32-18-22-13-7-3-8-14-22)25(29)24(34-28)20-31-17-21-11-5-2-6-12-21/h2-16,24,26-28H,17-20H2,1H3/t24?,26?,27?,28-/m0/s1. The Morgan fingerprint density at radius 3 is 1.74 bits per heavy atom. The van der Waals surface area contributed by atoms with Crippen LogP contribution in [0.25, 0.3) is 0 Å². The molecule has 0 bridgehead atoms. The van der Waals surface area contributed by atoms with Crippen molar-refractivity contribution in [3.63, 3.8) is 0 Å². The van der Waals surface area contributed by atoms with Crippen molar-refractivity contribution in [2.75, 3.05) is 13.7 Å². The van der Waals surface area contributed by atoms with Crippen molar-refractivity contribution in [2.24, 2.45) is 0 Å². The molecule has 0 amide bonds. The van der Waals surface area contributed by atoms with Crippen molar-refractivity contribution < 1.29 is 28.5 Å². The molecule has 6 nitrogen and oxygen atoms in total. The van der Waals surface area contributed by atoms with E-state index in [9.17, 15) is 4.79 Å². The Morgan fingerprint density at radius 2 is 1.21 bits per heavy atom. The lowest BCUT2D eigenvalue weighted by molar-refractivity contribution is -0.269. The second kappa shape index (κ2) is 12.6. The Bertz CT molecular complexity index is 995. The van der Waals surface area contributed by atoms with Crippen LogP contribution in [0.3, 0.4) is 0 Å². The zero-order valence-electron chi connectivity index (χ0n) is 19.2. The zero-order valence-corrected chi connectivity index (χ0v) is 19.2. The summed E-state index contributed by atoms with van der Waals surface area (Å²) in [5.74, 6) is -0.213. The lowest BCUT2D eigenvalue weighted by Crippen LogP contribution is -2.58. The minimum atomic E-state index is -0.854. The quantitative estimate of drug-likeness (QED) is 0.423. The summed E-state index contributed by atoms with van der Waals surface area (Å²) in [5.41, 5.74) is 2.98. The maximum absolute atomic E-state index is 13.4. The Balaban J connectivity index is 1.45. The largest absolute Gasteiger partial charge is 0.374 e. The predicted molar refractivity (Wildman–Crippen MR) is 127 cm³/mol. The van der Waals surface area contributed by atoms with Gasteiger partial charge in [-0.25, -0.2) is 0 Å². The van der Waals surface area contributed by atoms with E-state index in [0.717, 1.165) is 16.7 Å². The number of carbonyl (C=O) groups is 1. The smallest absolute Gasteiger partial charge is 0.195 e. The van der Waals surface area contributed by atoms with Crippen molar-refractivity contribution in [3.8, 4) is 0 Å². The molecule has 1 heterocycles. The number of hydrogen-bond acceptors (Lipinski definition) is 6. The highest BCUT2D eigenvalue weighted by Crippen LogP contribution is 2.26. The highest BCUT2D eigenvalue weighted by atomic mass is 16.7. The Morgan fingerprint density at radius 1 is 0.706 bits per heavy atom. The first kappa shape index (κ1) is 24.3. The highest BCUT2D eigenvalue weighted by Gasteiger charge is 2.47. The molecule has 3 aromatic carbocycles. The van der Waals surface area contributed by atoms with Crippen LogP contribution in [-0.2, 0) is 48.3 Å². The van der Waals surface area contributed by atoms with Gasteiger partial charge in [-0.3, -0.25) is 4.79 Å². The molecule has 1 aliphatic rings. The SMILES string of the molecule is CO[C@H]1OC(COCc2ccccc2)C(=O)C(OCc2ccccc2)C1OCc1ccccc1. The van der Waals surface area contributed by atoms with Gasteiger partial charge in [-0.2, -0.15) is 0 Å². The summed E-state index contributed by atoms with van der Waals surface area (Å²) in [6, 6.07) is 29.3. The number of rotatable bonds is 11. The minimum absolute atomic E-state index is 0.101. The van der Waals surface area contributed by atoms with Crippen LogP contribution >= 0.6 is 0 Å². The topological polar surface area (TPSA) is 63.2 Å². The number of benzene rings is 3. The molecule has 0 N–H and O–H groups in total. The molecule has 3 unspecified atom stereocenters. The van der Waals surface area contributed by atoms with Gasteiger partial charge in [0.2, 0.25) is 0 Å². The summed E-state index contributed by atoms with van der Waals surface area (Å²) in [6.07, 6.45) is -3.15. The first-order valence-corrected chi connectivity index (χ1v) is 11.4. The van der Waals surface area contributed by atoms with Gasteiger partial charge in [0.1, 0.15) is 12.2 Å². The molecule has 0 aromatic heterocycles. The van der Waals surface area contributed by atoms with E-state index in [-0.39, 0.29) is 19.0 Å². The number of carbonyl (C=O) groups excluding carboxylic acids is 1. The maximum Gasteiger partial charge on any atom is 0.195 e. The van der Waals surface area contributed by atoms with E-state index in [4.69, 9.17) is 23.7 Å². The monoisotopic (exact) mass is 462 g/mol. The molecule has 1 saturated heterocycles. The molecule has 1 aliphatic heterocycles. The summed E-state index contributed by atoms with van der Waals surface area (Å²) in [4.78, 5) is 13.4. The second-order valence-corrected chi connectivity index (χ2v) is 8.11. The fourth-order valence-electron chi connectivity index (χ4n) is 3.83. The molecule has 0 aliphatic carbocycles. The van der Waals surface area contributed by atoms with Crippen molar-refractivity contribution >= 4 is 5.78 Å². The third-order valence-corrected chi connectivity index (χ3v) is 5.63.